The van der Waals surface area contributed by atoms with Crippen molar-refractivity contribution in [3.8, 4) is 12.3 Å². The minimum atomic E-state index is -0.858. The van der Waals surface area contributed by atoms with E-state index in [1.54, 1.807) is 14.1 Å². The highest BCUT2D eigenvalue weighted by Gasteiger charge is 2.28. The number of esters is 1. The van der Waals surface area contributed by atoms with Crippen molar-refractivity contribution in [2.75, 3.05) is 14.1 Å². The summed E-state index contributed by atoms with van der Waals surface area (Å²) >= 11 is 0. The molecule has 0 saturated carbocycles. The Morgan fingerprint density at radius 2 is 1.83 bits per heavy atom. The van der Waals surface area contributed by atoms with Crippen LogP contribution in [-0.2, 0) is 20.7 Å². The second kappa shape index (κ2) is 8.99. The summed E-state index contributed by atoms with van der Waals surface area (Å²) in [7, 11) is 3.28. The number of hydrogen-bond acceptors (Lipinski definition) is 3. The van der Waals surface area contributed by atoms with Gasteiger partial charge in [0.05, 0.1) is 0 Å². The molecule has 0 heterocycles. The lowest BCUT2D eigenvalue weighted by atomic mass is 9.98. The average molecular weight is 315 g/mol. The molecule has 0 N–H and O–H groups in total. The molecule has 23 heavy (non-hydrogen) atoms. The number of nitrogens with zero attached hydrogens (tertiary/aromatic N) is 1. The van der Waals surface area contributed by atoms with Crippen LogP contribution in [0.5, 0.6) is 0 Å². The van der Waals surface area contributed by atoms with E-state index in [1.165, 1.54) is 4.90 Å². The summed E-state index contributed by atoms with van der Waals surface area (Å²) in [6.07, 6.45) is 5.46. The summed E-state index contributed by atoms with van der Waals surface area (Å²) in [6, 6.07) is 9.47. The van der Waals surface area contributed by atoms with Crippen molar-refractivity contribution in [2.24, 2.45) is 11.8 Å². The van der Waals surface area contributed by atoms with Crippen molar-refractivity contribution in [3.63, 3.8) is 0 Å². The van der Waals surface area contributed by atoms with Crippen molar-refractivity contribution in [1.82, 2.24) is 4.90 Å². The van der Waals surface area contributed by atoms with E-state index >= 15 is 0 Å². The number of rotatable bonds is 7. The molecule has 124 valence electrons. The first-order valence-corrected chi connectivity index (χ1v) is 7.76. The van der Waals surface area contributed by atoms with Gasteiger partial charge in [-0.25, -0.2) is 0 Å². The van der Waals surface area contributed by atoms with Crippen LogP contribution in [0.3, 0.4) is 0 Å². The summed E-state index contributed by atoms with van der Waals surface area (Å²) in [5.74, 6) is 1.38. The molecule has 0 aliphatic rings. The molecule has 0 aromatic heterocycles. The molecule has 1 amide bonds. The summed E-state index contributed by atoms with van der Waals surface area (Å²) in [4.78, 5) is 26.0. The third-order valence-corrected chi connectivity index (χ3v) is 3.43. The van der Waals surface area contributed by atoms with Crippen LogP contribution >= 0.6 is 0 Å². The molecule has 0 aliphatic heterocycles. The van der Waals surface area contributed by atoms with Crippen LogP contribution in [0.1, 0.15) is 25.8 Å². The molecule has 4 heteroatoms. The average Bonchev–Trinajstić information content (AvgIpc) is 2.51. The summed E-state index contributed by atoms with van der Waals surface area (Å²) in [5, 5.41) is 0. The molecule has 0 aliphatic carbocycles. The topological polar surface area (TPSA) is 46.6 Å². The van der Waals surface area contributed by atoms with Crippen LogP contribution in [0, 0.1) is 24.2 Å². The monoisotopic (exact) mass is 315 g/mol. The molecule has 0 unspecified atom stereocenters. The molecule has 0 fully saturated rings. The third-order valence-electron chi connectivity index (χ3n) is 3.43. The fourth-order valence-corrected chi connectivity index (χ4v) is 2.22. The zero-order valence-electron chi connectivity index (χ0n) is 14.3. The minimum Gasteiger partial charge on any atom is -0.451 e. The Labute approximate surface area is 138 Å². The van der Waals surface area contributed by atoms with Gasteiger partial charge in [-0.15, -0.1) is 6.42 Å². The third kappa shape index (κ3) is 6.15. The highest BCUT2D eigenvalue weighted by atomic mass is 16.5. The van der Waals surface area contributed by atoms with E-state index in [9.17, 15) is 9.59 Å². The maximum absolute atomic E-state index is 12.3. The van der Waals surface area contributed by atoms with Gasteiger partial charge in [-0.3, -0.25) is 9.59 Å². The molecule has 2 atom stereocenters. The van der Waals surface area contributed by atoms with Gasteiger partial charge in [0, 0.05) is 20.5 Å². The molecule has 0 radical (unpaired) electrons. The summed E-state index contributed by atoms with van der Waals surface area (Å²) < 4.78 is 5.46. The van der Waals surface area contributed by atoms with E-state index in [0.717, 1.165) is 5.56 Å². The number of hydrogen-bond donors (Lipinski definition) is 0. The molecule has 1 aromatic carbocycles. The molecule has 4 nitrogen and oxygen atoms in total. The first kappa shape index (κ1) is 18.8. The van der Waals surface area contributed by atoms with E-state index in [1.807, 2.05) is 44.2 Å². The van der Waals surface area contributed by atoms with Gasteiger partial charge >= 0.3 is 5.97 Å². The lowest BCUT2D eigenvalue weighted by Gasteiger charge is -2.22. The lowest BCUT2D eigenvalue weighted by Crippen LogP contribution is -2.39. The van der Waals surface area contributed by atoms with Gasteiger partial charge in [0.2, 0.25) is 0 Å². The number of terminal acetylenes is 1. The Bertz CT molecular complexity index is 558. The number of carbonyl (C=O) groups excluding carboxylic acids is 2. The zero-order valence-corrected chi connectivity index (χ0v) is 14.3. The Morgan fingerprint density at radius 3 is 2.30 bits per heavy atom. The predicted octanol–water partition coefficient (Wildman–Crippen LogP) is 2.52. The quantitative estimate of drug-likeness (QED) is 0.574. The maximum atomic E-state index is 12.3. The highest BCUT2D eigenvalue weighted by Crippen LogP contribution is 2.16. The molecular weight excluding hydrogens is 290 g/mol. The van der Waals surface area contributed by atoms with Crippen molar-refractivity contribution >= 4 is 11.9 Å². The van der Waals surface area contributed by atoms with Crippen LogP contribution in [0.2, 0.25) is 0 Å². The highest BCUT2D eigenvalue weighted by molar-refractivity contribution is 5.85. The van der Waals surface area contributed by atoms with Gasteiger partial charge in [0.1, 0.15) is 5.92 Å². The second-order valence-corrected chi connectivity index (χ2v) is 6.20. The smallest absolute Gasteiger partial charge is 0.321 e. The van der Waals surface area contributed by atoms with E-state index in [0.29, 0.717) is 12.8 Å². The van der Waals surface area contributed by atoms with Gasteiger partial charge in [-0.1, -0.05) is 50.1 Å². The number of amides is 1. The number of ether oxygens (including phenoxy) is 1. The fraction of sp³-hybridized carbons (Fsp3) is 0.474. The molecular formula is C19H25NO3. The van der Waals surface area contributed by atoms with E-state index in [4.69, 9.17) is 11.2 Å². The summed E-state index contributed by atoms with van der Waals surface area (Å²) in [5.41, 5.74) is 0.932. The molecule has 0 bridgehead atoms. The van der Waals surface area contributed by atoms with Crippen LogP contribution in [0.4, 0.5) is 0 Å². The van der Waals surface area contributed by atoms with E-state index in [2.05, 4.69) is 5.92 Å². The van der Waals surface area contributed by atoms with Crippen LogP contribution < -0.4 is 0 Å². The van der Waals surface area contributed by atoms with Gasteiger partial charge in [-0.2, -0.15) is 0 Å². The Hall–Kier alpha value is -2.28. The van der Waals surface area contributed by atoms with Crippen LogP contribution in [-0.4, -0.2) is 37.0 Å². The molecule has 1 rings (SSSR count). The van der Waals surface area contributed by atoms with Crippen molar-refractivity contribution in [3.05, 3.63) is 35.9 Å². The Balaban J connectivity index is 2.86. The minimum absolute atomic E-state index is 0.248. The zero-order chi connectivity index (χ0) is 17.4. The molecule has 0 saturated heterocycles. The largest absolute Gasteiger partial charge is 0.451 e. The number of likely N-dealkylation sites (N-methyl/N-ethyl adjacent to an activating group) is 1. The molecule has 0 spiro atoms. The van der Waals surface area contributed by atoms with E-state index < -0.39 is 18.0 Å². The molecule has 1 aromatic rings. The Kier molecular flexibility index (Phi) is 7.34. The van der Waals surface area contributed by atoms with Crippen molar-refractivity contribution < 1.29 is 14.3 Å². The first-order chi connectivity index (χ1) is 10.8. The van der Waals surface area contributed by atoms with Gasteiger partial charge in [0.25, 0.3) is 5.91 Å². The predicted molar refractivity (Wildman–Crippen MR) is 90.5 cm³/mol. The fourth-order valence-electron chi connectivity index (χ4n) is 2.22. The number of carbonyl (C=O) groups is 2. The SMILES string of the molecule is C#C[C@@H](CC(C)C)C(=O)O[C@H](Cc1ccccc1)C(=O)N(C)C. The van der Waals surface area contributed by atoms with Crippen LogP contribution in [0.15, 0.2) is 30.3 Å². The lowest BCUT2D eigenvalue weighted by molar-refractivity contribution is -0.161. The summed E-state index contributed by atoms with van der Waals surface area (Å²) in [6.45, 7) is 3.98. The van der Waals surface area contributed by atoms with Gasteiger partial charge in [-0.05, 0) is 17.9 Å². The Morgan fingerprint density at radius 1 is 1.22 bits per heavy atom. The first-order valence-electron chi connectivity index (χ1n) is 7.76. The normalized spacial score (nSPS) is 13.0. The van der Waals surface area contributed by atoms with Gasteiger partial charge < -0.3 is 9.64 Å². The van der Waals surface area contributed by atoms with Gasteiger partial charge in [0.15, 0.2) is 6.10 Å². The van der Waals surface area contributed by atoms with Crippen LogP contribution in [0.25, 0.3) is 0 Å². The maximum Gasteiger partial charge on any atom is 0.321 e. The van der Waals surface area contributed by atoms with Crippen molar-refractivity contribution in [1.29, 1.82) is 0 Å². The van der Waals surface area contributed by atoms with E-state index in [-0.39, 0.29) is 11.8 Å². The number of benzene rings is 1. The standard InChI is InChI=1S/C19H25NO3/c1-6-16(12-14(2)3)19(22)23-17(18(21)20(4)5)13-15-10-8-7-9-11-15/h1,7-11,14,16-17H,12-13H2,2-5H3/t16-,17+/m0/s1. The van der Waals surface area contributed by atoms with Crippen molar-refractivity contribution in [2.45, 2.75) is 32.8 Å². The second-order valence-electron chi connectivity index (χ2n) is 6.20.